The Bertz CT molecular complexity index is 1230. The molecule has 0 saturated heterocycles. The Morgan fingerprint density at radius 2 is 1.73 bits per heavy atom. The van der Waals surface area contributed by atoms with Crippen LogP contribution in [-0.4, -0.2) is 65.9 Å². The van der Waals surface area contributed by atoms with Crippen molar-refractivity contribution in [3.05, 3.63) is 65.3 Å². The smallest absolute Gasteiger partial charge is 0.338 e. The molecule has 2 atom stereocenters. The summed E-state index contributed by atoms with van der Waals surface area (Å²) < 4.78 is 12.7. The van der Waals surface area contributed by atoms with Crippen LogP contribution in [0.15, 0.2) is 54.2 Å². The molecular weight excluding hydrogens is 534 g/mol. The normalized spacial score (nSPS) is 12.6. The molecule has 4 amide bonds. The molecule has 0 spiro atoms. The van der Waals surface area contributed by atoms with Gasteiger partial charge in [0.25, 0.3) is 0 Å². The molecule has 0 aliphatic rings. The van der Waals surface area contributed by atoms with Gasteiger partial charge in [0.15, 0.2) is 12.9 Å². The number of nitrogens with zero attached hydrogens (tertiary/aromatic N) is 2. The predicted octanol–water partition coefficient (Wildman–Crippen LogP) is 3.35. The fraction of sp³-hybridized carbons (Fsp3) is 0.429. The number of nitrogens with one attached hydrogen (secondary N) is 3. The van der Waals surface area contributed by atoms with Crippen molar-refractivity contribution in [1.82, 2.24) is 26.0 Å². The highest BCUT2D eigenvalue weighted by molar-refractivity contribution is 7.17. The van der Waals surface area contributed by atoms with Crippen molar-refractivity contribution in [1.29, 1.82) is 0 Å². The number of hydrogen-bond donors (Lipinski definition) is 3. The molecule has 0 aliphatic heterocycles. The van der Waals surface area contributed by atoms with Crippen LogP contribution in [0.4, 0.5) is 4.79 Å². The van der Waals surface area contributed by atoms with Crippen LogP contribution in [0.5, 0.6) is 0 Å². The number of thiophene rings is 1. The lowest BCUT2D eigenvalue weighted by Crippen LogP contribution is -2.54. The van der Waals surface area contributed by atoms with Crippen LogP contribution < -0.4 is 16.1 Å². The summed E-state index contributed by atoms with van der Waals surface area (Å²) in [4.78, 5) is 48.7. The molecule has 0 radical (unpaired) electrons. The van der Waals surface area contributed by atoms with E-state index in [-0.39, 0.29) is 12.5 Å². The van der Waals surface area contributed by atoms with Crippen molar-refractivity contribution in [3.8, 4) is 0 Å². The molecular formula is C28H37N5O6S. The van der Waals surface area contributed by atoms with Crippen LogP contribution in [-0.2, 0) is 37.0 Å². The Hall–Kier alpha value is -3.58. The highest BCUT2D eigenvalue weighted by atomic mass is 32.1. The number of aromatic nitrogens is 1. The zero-order valence-electron chi connectivity index (χ0n) is 23.2. The van der Waals surface area contributed by atoms with Gasteiger partial charge in [-0.25, -0.2) is 10.3 Å². The number of hydrogen-bond acceptors (Lipinski definition) is 8. The summed E-state index contributed by atoms with van der Waals surface area (Å²) in [6.45, 7) is 8.18. The molecule has 3 aromatic rings. The van der Waals surface area contributed by atoms with Gasteiger partial charge in [-0.1, -0.05) is 18.2 Å². The lowest BCUT2D eigenvalue weighted by atomic mass is 10.1. The van der Waals surface area contributed by atoms with E-state index in [2.05, 4.69) is 21.1 Å². The monoisotopic (exact) mass is 571 g/mol. The molecule has 40 heavy (non-hydrogen) atoms. The maximum absolute atomic E-state index is 13.7. The van der Waals surface area contributed by atoms with Gasteiger partial charge in [-0.05, 0) is 67.8 Å². The van der Waals surface area contributed by atoms with Gasteiger partial charge in [0.1, 0.15) is 6.04 Å². The minimum Gasteiger partial charge on any atom is -0.351 e. The second-order valence-corrected chi connectivity index (χ2v) is 9.87. The number of amides is 4. The van der Waals surface area contributed by atoms with Crippen molar-refractivity contribution in [3.63, 3.8) is 0 Å². The van der Waals surface area contributed by atoms with E-state index in [0.29, 0.717) is 19.8 Å². The Balaban J connectivity index is 1.60. The van der Waals surface area contributed by atoms with Gasteiger partial charge in [-0.2, -0.15) is 0 Å². The van der Waals surface area contributed by atoms with Crippen LogP contribution >= 0.6 is 11.3 Å². The van der Waals surface area contributed by atoms with Crippen LogP contribution in [0, 0.1) is 0 Å². The van der Waals surface area contributed by atoms with Crippen LogP contribution in [0.3, 0.4) is 0 Å². The maximum Gasteiger partial charge on any atom is 0.338 e. The Labute approximate surface area is 238 Å². The van der Waals surface area contributed by atoms with Crippen LogP contribution in [0.25, 0.3) is 10.1 Å². The van der Waals surface area contributed by atoms with Crippen molar-refractivity contribution in [2.45, 2.75) is 59.2 Å². The molecule has 0 saturated carbocycles. The number of pyridine rings is 1. The Morgan fingerprint density at radius 3 is 2.42 bits per heavy atom. The second kappa shape index (κ2) is 15.9. The van der Waals surface area contributed by atoms with E-state index in [1.165, 1.54) is 0 Å². The summed E-state index contributed by atoms with van der Waals surface area (Å²) in [5.74, 6) is -0.862. The lowest BCUT2D eigenvalue weighted by molar-refractivity contribution is -0.179. The topological polar surface area (TPSA) is 131 Å². The van der Waals surface area contributed by atoms with Gasteiger partial charge in [0.2, 0.25) is 11.8 Å². The predicted molar refractivity (Wildman–Crippen MR) is 152 cm³/mol. The number of rotatable bonds is 15. The molecule has 0 aliphatic carbocycles. The van der Waals surface area contributed by atoms with E-state index in [9.17, 15) is 14.4 Å². The largest absolute Gasteiger partial charge is 0.351 e. The summed E-state index contributed by atoms with van der Waals surface area (Å²) in [7, 11) is 0. The van der Waals surface area contributed by atoms with E-state index in [1.54, 1.807) is 47.7 Å². The van der Waals surface area contributed by atoms with Crippen molar-refractivity contribution < 1.29 is 28.7 Å². The van der Waals surface area contributed by atoms with E-state index in [1.807, 2.05) is 50.4 Å². The molecule has 2 unspecified atom stereocenters. The second-order valence-electron chi connectivity index (χ2n) is 8.96. The first-order valence-corrected chi connectivity index (χ1v) is 14.0. The number of ether oxygens (including phenoxy) is 2. The summed E-state index contributed by atoms with van der Waals surface area (Å²) >= 11 is 1.61. The van der Waals surface area contributed by atoms with E-state index in [4.69, 9.17) is 14.3 Å². The highest BCUT2D eigenvalue weighted by Gasteiger charge is 2.32. The third kappa shape index (κ3) is 8.98. The molecule has 0 fully saturated rings. The van der Waals surface area contributed by atoms with Gasteiger partial charge in [0, 0.05) is 43.4 Å². The minimum absolute atomic E-state index is 0.271. The standard InChI is InChI=1S/C28H37N5O6S/c1-5-37-27(38-6-2)20(4)33(16-22-18-40-24-10-8-7-9-23(22)24)26(35)19(3)31-25(34)17-39-32-28(36)30-15-21-11-13-29-14-12-21/h7-14,18-20,27H,5-6,15-17H2,1-4H3,(H,31,34)(H2,30,32,36). The van der Waals surface area contributed by atoms with E-state index in [0.717, 1.165) is 21.2 Å². The van der Waals surface area contributed by atoms with Crippen molar-refractivity contribution >= 4 is 39.3 Å². The van der Waals surface area contributed by atoms with Gasteiger partial charge in [-0.15, -0.1) is 11.3 Å². The molecule has 12 heteroatoms. The molecule has 2 heterocycles. The number of hydroxylamine groups is 1. The first kappa shape index (κ1) is 31.0. The molecule has 3 N–H and O–H groups in total. The molecule has 3 rings (SSSR count). The zero-order chi connectivity index (χ0) is 28.9. The van der Waals surface area contributed by atoms with Crippen molar-refractivity contribution in [2.75, 3.05) is 19.8 Å². The molecule has 0 bridgehead atoms. The fourth-order valence-electron chi connectivity index (χ4n) is 4.04. The van der Waals surface area contributed by atoms with Gasteiger partial charge < -0.3 is 25.0 Å². The first-order chi connectivity index (χ1) is 19.3. The van der Waals surface area contributed by atoms with Gasteiger partial charge >= 0.3 is 6.03 Å². The average Bonchev–Trinajstić information content (AvgIpc) is 3.37. The van der Waals surface area contributed by atoms with Crippen LogP contribution in [0.1, 0.15) is 38.8 Å². The number of carbonyl (C=O) groups excluding carboxylic acids is 3. The first-order valence-electron chi connectivity index (χ1n) is 13.2. The van der Waals surface area contributed by atoms with E-state index >= 15 is 0 Å². The third-order valence-corrected chi connectivity index (χ3v) is 7.06. The molecule has 216 valence electrons. The summed E-state index contributed by atoms with van der Waals surface area (Å²) in [6.07, 6.45) is 2.61. The van der Waals surface area contributed by atoms with Crippen molar-refractivity contribution in [2.24, 2.45) is 0 Å². The van der Waals surface area contributed by atoms with Crippen LogP contribution in [0.2, 0.25) is 0 Å². The number of carbonyl (C=O) groups is 3. The summed E-state index contributed by atoms with van der Waals surface area (Å²) in [5.41, 5.74) is 4.02. The fourth-order valence-corrected chi connectivity index (χ4v) is 5.00. The number of fused-ring (bicyclic) bond motifs is 1. The zero-order valence-corrected chi connectivity index (χ0v) is 24.0. The molecule has 11 nitrogen and oxygen atoms in total. The number of benzene rings is 1. The SMILES string of the molecule is CCOC(OCC)C(C)N(Cc1csc2ccccc12)C(=O)C(C)NC(=O)CONC(=O)NCc1ccncc1. The summed E-state index contributed by atoms with van der Waals surface area (Å²) in [6, 6.07) is 9.64. The quantitative estimate of drug-likeness (QED) is 0.188. The Kier molecular flexibility index (Phi) is 12.3. The average molecular weight is 572 g/mol. The third-order valence-electron chi connectivity index (χ3n) is 6.05. The molecule has 2 aromatic heterocycles. The lowest BCUT2D eigenvalue weighted by Gasteiger charge is -2.35. The highest BCUT2D eigenvalue weighted by Crippen LogP contribution is 2.28. The van der Waals surface area contributed by atoms with E-state index < -0.39 is 36.9 Å². The molecule has 1 aromatic carbocycles. The minimum atomic E-state index is -0.868. The van der Waals surface area contributed by atoms with Gasteiger partial charge in [0.05, 0.1) is 6.04 Å². The number of urea groups is 1. The van der Waals surface area contributed by atoms with Gasteiger partial charge in [-0.3, -0.25) is 19.4 Å². The summed E-state index contributed by atoms with van der Waals surface area (Å²) in [5, 5.41) is 8.37. The maximum atomic E-state index is 13.7. The Morgan fingerprint density at radius 1 is 1.02 bits per heavy atom.